The predicted molar refractivity (Wildman–Crippen MR) is 80.8 cm³/mol. The van der Waals surface area contributed by atoms with Crippen LogP contribution in [-0.2, 0) is 4.79 Å². The lowest BCUT2D eigenvalue weighted by molar-refractivity contribution is -0.117. The summed E-state index contributed by atoms with van der Waals surface area (Å²) in [4.78, 5) is 14.0. The van der Waals surface area contributed by atoms with Crippen LogP contribution in [0.4, 0.5) is 14.5 Å². The number of likely N-dealkylation sites (tertiary alicyclic amines) is 1. The fraction of sp³-hybridized carbons (Fsp3) is 0.500. The van der Waals surface area contributed by atoms with E-state index in [1.807, 2.05) is 7.05 Å². The Kier molecular flexibility index (Phi) is 7.01. The monoisotopic (exact) mass is 319 g/mol. The second-order valence-corrected chi connectivity index (χ2v) is 5.00. The van der Waals surface area contributed by atoms with Gasteiger partial charge in [-0.1, -0.05) is 0 Å². The maximum Gasteiger partial charge on any atom is 0.238 e. The topological polar surface area (TPSA) is 44.4 Å². The second kappa shape index (κ2) is 8.26. The summed E-state index contributed by atoms with van der Waals surface area (Å²) in [6.45, 7) is 1.92. The van der Waals surface area contributed by atoms with Crippen molar-refractivity contribution in [3.05, 3.63) is 29.8 Å². The van der Waals surface area contributed by atoms with Gasteiger partial charge in [-0.3, -0.25) is 9.69 Å². The molecule has 118 valence electrons. The molecule has 0 radical (unpaired) electrons. The van der Waals surface area contributed by atoms with Crippen LogP contribution in [-0.4, -0.2) is 43.5 Å². The average molecular weight is 320 g/mol. The molecule has 1 aromatic rings. The number of nitrogens with zero attached hydrogens (tertiary/aromatic N) is 1. The summed E-state index contributed by atoms with van der Waals surface area (Å²) in [5.41, 5.74) is 0.0146. The van der Waals surface area contributed by atoms with Gasteiger partial charge in [0, 0.05) is 18.7 Å². The van der Waals surface area contributed by atoms with Crippen LogP contribution in [0, 0.1) is 11.6 Å². The molecule has 0 aliphatic carbocycles. The Balaban J connectivity index is 0.00000220. The van der Waals surface area contributed by atoms with Crippen LogP contribution in [0.15, 0.2) is 18.2 Å². The number of rotatable bonds is 5. The molecule has 0 saturated carbocycles. The highest BCUT2D eigenvalue weighted by Gasteiger charge is 2.25. The van der Waals surface area contributed by atoms with Crippen molar-refractivity contribution in [3.63, 3.8) is 0 Å². The van der Waals surface area contributed by atoms with Gasteiger partial charge in [0.2, 0.25) is 5.91 Å². The van der Waals surface area contributed by atoms with Gasteiger partial charge in [-0.15, -0.1) is 12.4 Å². The van der Waals surface area contributed by atoms with Gasteiger partial charge >= 0.3 is 0 Å². The summed E-state index contributed by atoms with van der Waals surface area (Å²) in [5.74, 6) is -1.70. The molecule has 4 nitrogen and oxygen atoms in total. The second-order valence-electron chi connectivity index (χ2n) is 5.00. The lowest BCUT2D eigenvalue weighted by atomic mass is 10.2. The number of anilines is 1. The van der Waals surface area contributed by atoms with Crippen molar-refractivity contribution >= 4 is 24.0 Å². The lowest BCUT2D eigenvalue weighted by Crippen LogP contribution is -2.41. The Bertz CT molecular complexity index is 487. The smallest absolute Gasteiger partial charge is 0.238 e. The first-order valence-corrected chi connectivity index (χ1v) is 6.73. The fourth-order valence-electron chi connectivity index (χ4n) is 2.54. The number of amides is 1. The van der Waals surface area contributed by atoms with E-state index in [0.29, 0.717) is 6.04 Å². The van der Waals surface area contributed by atoms with Gasteiger partial charge in [0.05, 0.1) is 12.2 Å². The molecule has 1 unspecified atom stereocenters. The largest absolute Gasteiger partial charge is 0.322 e. The van der Waals surface area contributed by atoms with E-state index < -0.39 is 11.6 Å². The Morgan fingerprint density at radius 1 is 1.43 bits per heavy atom. The summed E-state index contributed by atoms with van der Waals surface area (Å²) in [5, 5.41) is 5.59. The van der Waals surface area contributed by atoms with Crippen molar-refractivity contribution in [2.45, 2.75) is 18.9 Å². The van der Waals surface area contributed by atoms with Gasteiger partial charge in [0.15, 0.2) is 0 Å². The molecule has 1 aromatic carbocycles. The van der Waals surface area contributed by atoms with Crippen molar-refractivity contribution < 1.29 is 13.6 Å². The first kappa shape index (κ1) is 17.8. The highest BCUT2D eigenvalue weighted by Crippen LogP contribution is 2.18. The number of carbonyl (C=O) groups is 1. The van der Waals surface area contributed by atoms with Crippen LogP contribution >= 0.6 is 12.4 Å². The number of halogens is 3. The summed E-state index contributed by atoms with van der Waals surface area (Å²) in [6.07, 6.45) is 2.11. The molecule has 1 fully saturated rings. The van der Waals surface area contributed by atoms with Gasteiger partial charge in [-0.25, -0.2) is 8.78 Å². The zero-order valence-electron chi connectivity index (χ0n) is 11.9. The molecule has 1 aliphatic heterocycles. The molecule has 1 heterocycles. The molecule has 0 aromatic heterocycles. The van der Waals surface area contributed by atoms with Gasteiger partial charge in [-0.2, -0.15) is 0 Å². The van der Waals surface area contributed by atoms with E-state index in [9.17, 15) is 13.6 Å². The van der Waals surface area contributed by atoms with Gasteiger partial charge in [-0.05, 0) is 38.6 Å². The van der Waals surface area contributed by atoms with Gasteiger partial charge in [0.1, 0.15) is 11.6 Å². The fourth-order valence-corrected chi connectivity index (χ4v) is 2.54. The number of carbonyl (C=O) groups excluding carboxylic acids is 1. The van der Waals surface area contributed by atoms with E-state index in [2.05, 4.69) is 15.5 Å². The molecular formula is C14H20ClF2N3O. The first-order valence-electron chi connectivity index (χ1n) is 6.73. The highest BCUT2D eigenvalue weighted by molar-refractivity contribution is 5.92. The third-order valence-electron chi connectivity index (χ3n) is 3.49. The van der Waals surface area contributed by atoms with Crippen LogP contribution in [0.1, 0.15) is 12.8 Å². The van der Waals surface area contributed by atoms with E-state index in [1.54, 1.807) is 0 Å². The Labute approximate surface area is 129 Å². The summed E-state index contributed by atoms with van der Waals surface area (Å²) in [7, 11) is 1.88. The number of benzene rings is 1. The van der Waals surface area contributed by atoms with Crippen LogP contribution < -0.4 is 10.6 Å². The SMILES string of the molecule is CNCC1CCCN1CC(=O)Nc1ccc(F)cc1F.Cl. The Hall–Kier alpha value is -1.24. The van der Waals surface area contributed by atoms with Gasteiger partial charge in [0.25, 0.3) is 0 Å². The molecule has 0 spiro atoms. The van der Waals surface area contributed by atoms with E-state index in [4.69, 9.17) is 0 Å². The molecule has 1 amide bonds. The lowest BCUT2D eigenvalue weighted by Gasteiger charge is -2.23. The van der Waals surface area contributed by atoms with Crippen molar-refractivity contribution in [2.24, 2.45) is 0 Å². The Morgan fingerprint density at radius 3 is 2.86 bits per heavy atom. The van der Waals surface area contributed by atoms with Crippen molar-refractivity contribution in [2.75, 3.05) is 32.0 Å². The zero-order chi connectivity index (χ0) is 14.5. The maximum atomic E-state index is 13.4. The minimum atomic E-state index is -0.758. The number of nitrogens with one attached hydrogen (secondary N) is 2. The standard InChI is InChI=1S/C14H19F2N3O.ClH/c1-17-8-11-3-2-6-19(11)9-14(20)18-13-5-4-10(15)7-12(13)16;/h4-5,7,11,17H,2-3,6,8-9H2,1H3,(H,18,20);1H. The summed E-state index contributed by atoms with van der Waals surface area (Å²) >= 11 is 0. The van der Waals surface area contributed by atoms with E-state index in [-0.39, 0.29) is 30.5 Å². The van der Waals surface area contributed by atoms with E-state index in [0.717, 1.165) is 38.1 Å². The molecule has 0 bridgehead atoms. The van der Waals surface area contributed by atoms with Crippen LogP contribution in [0.25, 0.3) is 0 Å². The first-order chi connectivity index (χ1) is 9.60. The molecule has 21 heavy (non-hydrogen) atoms. The third-order valence-corrected chi connectivity index (χ3v) is 3.49. The summed E-state index contributed by atoms with van der Waals surface area (Å²) in [6, 6.07) is 3.45. The molecule has 1 aliphatic rings. The average Bonchev–Trinajstić information content (AvgIpc) is 2.81. The van der Waals surface area contributed by atoms with Crippen LogP contribution in [0.3, 0.4) is 0 Å². The molecule has 2 N–H and O–H groups in total. The number of hydrogen-bond donors (Lipinski definition) is 2. The van der Waals surface area contributed by atoms with Gasteiger partial charge < -0.3 is 10.6 Å². The van der Waals surface area contributed by atoms with Crippen molar-refractivity contribution in [1.82, 2.24) is 10.2 Å². The minimum Gasteiger partial charge on any atom is -0.322 e. The molecule has 7 heteroatoms. The van der Waals surface area contributed by atoms with Crippen molar-refractivity contribution in [1.29, 1.82) is 0 Å². The summed E-state index contributed by atoms with van der Waals surface area (Å²) < 4.78 is 26.2. The number of likely N-dealkylation sites (N-methyl/N-ethyl adjacent to an activating group) is 1. The minimum absolute atomic E-state index is 0. The Morgan fingerprint density at radius 2 is 2.19 bits per heavy atom. The molecule has 1 atom stereocenters. The van der Waals surface area contributed by atoms with Crippen LogP contribution in [0.2, 0.25) is 0 Å². The predicted octanol–water partition coefficient (Wildman–Crippen LogP) is 2.01. The van der Waals surface area contributed by atoms with E-state index in [1.165, 1.54) is 6.07 Å². The van der Waals surface area contributed by atoms with Crippen LogP contribution in [0.5, 0.6) is 0 Å². The maximum absolute atomic E-state index is 13.4. The number of hydrogen-bond acceptors (Lipinski definition) is 3. The molecule has 1 saturated heterocycles. The highest BCUT2D eigenvalue weighted by atomic mass is 35.5. The third kappa shape index (κ3) is 4.91. The molecular weight excluding hydrogens is 300 g/mol. The molecule has 2 rings (SSSR count). The quantitative estimate of drug-likeness (QED) is 0.872. The normalized spacial score (nSPS) is 18.3. The zero-order valence-corrected chi connectivity index (χ0v) is 12.7. The van der Waals surface area contributed by atoms with E-state index >= 15 is 0 Å². The van der Waals surface area contributed by atoms with Crippen molar-refractivity contribution in [3.8, 4) is 0 Å².